The minimum Gasteiger partial charge on any atom is -0.495 e. The first-order valence-electron chi connectivity index (χ1n) is 3.15. The highest BCUT2D eigenvalue weighted by Gasteiger charge is 2.07. The molecule has 2 N–H and O–H groups in total. The van der Waals surface area contributed by atoms with Crippen LogP contribution in [-0.4, -0.2) is 25.2 Å². The summed E-state index contributed by atoms with van der Waals surface area (Å²) in [5.74, 6) is 0.837. The van der Waals surface area contributed by atoms with Crippen molar-refractivity contribution in [3.8, 4) is 0 Å². The predicted octanol–water partition coefficient (Wildman–Crippen LogP) is 0.261. The van der Waals surface area contributed by atoms with Crippen LogP contribution in [0.1, 0.15) is 0 Å². The highest BCUT2D eigenvalue weighted by atomic mass is 16.5. The molecule has 0 saturated heterocycles. The summed E-state index contributed by atoms with van der Waals surface area (Å²) < 4.78 is 4.99. The van der Waals surface area contributed by atoms with Crippen molar-refractivity contribution in [1.29, 1.82) is 0 Å². The first-order chi connectivity index (χ1) is 4.74. The average Bonchev–Trinajstić information content (AvgIpc) is 1.95. The maximum atomic E-state index is 5.63. The van der Waals surface area contributed by atoms with Crippen LogP contribution in [-0.2, 0) is 4.74 Å². The Bertz CT molecular complexity index is 174. The van der Waals surface area contributed by atoms with Crippen molar-refractivity contribution in [2.24, 2.45) is 5.73 Å². The third kappa shape index (κ3) is 1.30. The Morgan fingerprint density at radius 2 is 2.40 bits per heavy atom. The van der Waals surface area contributed by atoms with Crippen LogP contribution in [0.5, 0.6) is 0 Å². The van der Waals surface area contributed by atoms with Crippen LogP contribution in [0.4, 0.5) is 0 Å². The average molecular weight is 140 g/mol. The topological polar surface area (TPSA) is 38.5 Å². The van der Waals surface area contributed by atoms with Gasteiger partial charge in [0.15, 0.2) is 0 Å². The van der Waals surface area contributed by atoms with Gasteiger partial charge in [-0.1, -0.05) is 0 Å². The third-order valence-corrected chi connectivity index (χ3v) is 1.49. The molecule has 0 aromatic heterocycles. The molecule has 0 aromatic carbocycles. The molecule has 1 atom stereocenters. The van der Waals surface area contributed by atoms with Gasteiger partial charge in [0.25, 0.3) is 0 Å². The molecule has 1 rings (SSSR count). The molecule has 0 aliphatic carbocycles. The minimum atomic E-state index is -0.0149. The molecule has 0 fully saturated rings. The second-order valence-corrected chi connectivity index (χ2v) is 2.25. The molecule has 1 unspecified atom stereocenters. The maximum Gasteiger partial charge on any atom is 0.134 e. The summed E-state index contributed by atoms with van der Waals surface area (Å²) >= 11 is 0. The first-order valence-corrected chi connectivity index (χ1v) is 3.15. The third-order valence-electron chi connectivity index (χ3n) is 1.49. The van der Waals surface area contributed by atoms with Gasteiger partial charge in [-0.05, 0) is 12.2 Å². The zero-order chi connectivity index (χ0) is 7.56. The lowest BCUT2D eigenvalue weighted by molar-refractivity contribution is 0.276. The molecule has 3 heteroatoms. The van der Waals surface area contributed by atoms with E-state index in [2.05, 4.69) is 0 Å². The zero-order valence-corrected chi connectivity index (χ0v) is 6.24. The normalized spacial score (nSPS) is 24.5. The number of hydrogen-bond donors (Lipinski definition) is 1. The summed E-state index contributed by atoms with van der Waals surface area (Å²) in [5, 5.41) is 0. The molecule has 1 aliphatic rings. The van der Waals surface area contributed by atoms with Gasteiger partial charge in [0.1, 0.15) is 5.76 Å². The van der Waals surface area contributed by atoms with E-state index in [1.165, 1.54) is 0 Å². The van der Waals surface area contributed by atoms with Crippen LogP contribution >= 0.6 is 0 Å². The summed E-state index contributed by atoms with van der Waals surface area (Å²) in [6.07, 6.45) is 5.60. The van der Waals surface area contributed by atoms with Gasteiger partial charge in [0.2, 0.25) is 0 Å². The number of nitrogens with zero attached hydrogens (tertiary/aromatic N) is 1. The van der Waals surface area contributed by atoms with Crippen molar-refractivity contribution < 1.29 is 4.74 Å². The molecule has 0 spiro atoms. The highest BCUT2D eigenvalue weighted by Crippen LogP contribution is 2.07. The number of methoxy groups -OCH3 is 1. The van der Waals surface area contributed by atoms with Crippen molar-refractivity contribution in [1.82, 2.24) is 4.90 Å². The Kier molecular flexibility index (Phi) is 1.97. The molecular formula is C7H12N2O. The molecule has 1 aliphatic heterocycles. The van der Waals surface area contributed by atoms with Crippen LogP contribution in [0.25, 0.3) is 0 Å². The quantitative estimate of drug-likeness (QED) is 0.568. The van der Waals surface area contributed by atoms with Crippen LogP contribution in [0.3, 0.4) is 0 Å². The van der Waals surface area contributed by atoms with Crippen LogP contribution in [0, 0.1) is 0 Å². The van der Waals surface area contributed by atoms with Crippen molar-refractivity contribution in [2.75, 3.05) is 14.2 Å². The van der Waals surface area contributed by atoms with Crippen molar-refractivity contribution >= 4 is 0 Å². The van der Waals surface area contributed by atoms with Gasteiger partial charge >= 0.3 is 0 Å². The Morgan fingerprint density at radius 3 is 2.90 bits per heavy atom. The molecule has 0 saturated carbocycles. The second-order valence-electron chi connectivity index (χ2n) is 2.25. The summed E-state index contributed by atoms with van der Waals surface area (Å²) in [6.45, 7) is 0. The Morgan fingerprint density at radius 1 is 1.70 bits per heavy atom. The monoisotopic (exact) mass is 140 g/mol. The number of rotatable bonds is 1. The fraction of sp³-hybridized carbons (Fsp3) is 0.429. The van der Waals surface area contributed by atoms with E-state index in [9.17, 15) is 0 Å². The van der Waals surface area contributed by atoms with E-state index in [4.69, 9.17) is 10.5 Å². The number of hydrogen-bond acceptors (Lipinski definition) is 3. The Hall–Kier alpha value is -0.960. The van der Waals surface area contributed by atoms with E-state index in [1.807, 2.05) is 30.3 Å². The standard InChI is InChI=1S/C7H12N2O/c1-9-5-6(10-2)3-4-7(9)8/h3-5,7H,8H2,1-2H3. The molecule has 10 heavy (non-hydrogen) atoms. The van der Waals surface area contributed by atoms with E-state index >= 15 is 0 Å². The molecule has 0 aromatic rings. The Labute approximate surface area is 60.8 Å². The zero-order valence-electron chi connectivity index (χ0n) is 6.24. The van der Waals surface area contributed by atoms with E-state index in [1.54, 1.807) is 7.11 Å². The van der Waals surface area contributed by atoms with Crippen molar-refractivity contribution in [2.45, 2.75) is 6.17 Å². The van der Waals surface area contributed by atoms with Gasteiger partial charge in [0.05, 0.1) is 13.3 Å². The summed E-state index contributed by atoms with van der Waals surface area (Å²) in [7, 11) is 3.55. The summed E-state index contributed by atoms with van der Waals surface area (Å²) in [4.78, 5) is 1.89. The van der Waals surface area contributed by atoms with Gasteiger partial charge in [-0.2, -0.15) is 0 Å². The first kappa shape index (κ1) is 7.15. The van der Waals surface area contributed by atoms with Gasteiger partial charge in [-0.3, -0.25) is 0 Å². The molecule has 0 radical (unpaired) electrons. The lowest BCUT2D eigenvalue weighted by atomic mass is 10.3. The lowest BCUT2D eigenvalue weighted by Crippen LogP contribution is -2.35. The number of likely N-dealkylation sites (N-methyl/N-ethyl adjacent to an activating group) is 1. The molecule has 1 heterocycles. The van der Waals surface area contributed by atoms with Gasteiger partial charge in [-0.25, -0.2) is 0 Å². The molecule has 56 valence electrons. The number of allylic oxidation sites excluding steroid dienone is 1. The van der Waals surface area contributed by atoms with E-state index in [-0.39, 0.29) is 6.17 Å². The molecule has 3 nitrogen and oxygen atoms in total. The predicted molar refractivity (Wildman–Crippen MR) is 40.0 cm³/mol. The van der Waals surface area contributed by atoms with Gasteiger partial charge in [0, 0.05) is 13.2 Å². The lowest BCUT2D eigenvalue weighted by Gasteiger charge is -2.23. The fourth-order valence-corrected chi connectivity index (χ4v) is 0.780. The second kappa shape index (κ2) is 2.75. The maximum absolute atomic E-state index is 5.63. The SMILES string of the molecule is COC1=CN(C)C(N)C=C1. The van der Waals surface area contributed by atoms with Crippen LogP contribution in [0.2, 0.25) is 0 Å². The van der Waals surface area contributed by atoms with Gasteiger partial charge in [-0.15, -0.1) is 0 Å². The molecular weight excluding hydrogens is 128 g/mol. The van der Waals surface area contributed by atoms with Crippen molar-refractivity contribution in [3.05, 3.63) is 24.1 Å². The number of nitrogens with two attached hydrogens (primary N) is 1. The summed E-state index contributed by atoms with van der Waals surface area (Å²) in [5.41, 5.74) is 5.63. The van der Waals surface area contributed by atoms with Gasteiger partial charge < -0.3 is 15.4 Å². The van der Waals surface area contributed by atoms with Crippen LogP contribution < -0.4 is 5.73 Å². The minimum absolute atomic E-state index is 0.0149. The van der Waals surface area contributed by atoms with E-state index in [0.717, 1.165) is 5.76 Å². The fourth-order valence-electron chi connectivity index (χ4n) is 0.780. The van der Waals surface area contributed by atoms with Crippen LogP contribution in [0.15, 0.2) is 24.1 Å². The number of ether oxygens (including phenoxy) is 1. The highest BCUT2D eigenvalue weighted by molar-refractivity contribution is 5.18. The molecule has 0 amide bonds. The van der Waals surface area contributed by atoms with E-state index < -0.39 is 0 Å². The Balaban J connectivity index is 2.66. The summed E-state index contributed by atoms with van der Waals surface area (Å²) in [6, 6.07) is 0. The largest absolute Gasteiger partial charge is 0.495 e. The smallest absolute Gasteiger partial charge is 0.134 e. The van der Waals surface area contributed by atoms with Crippen molar-refractivity contribution in [3.63, 3.8) is 0 Å². The van der Waals surface area contributed by atoms with E-state index in [0.29, 0.717) is 0 Å². The molecule has 0 bridgehead atoms.